The minimum atomic E-state index is -0.102. The lowest BCUT2D eigenvalue weighted by molar-refractivity contribution is 0.660. The highest BCUT2D eigenvalue weighted by molar-refractivity contribution is 6.30. The molecule has 0 saturated carbocycles. The van der Waals surface area contributed by atoms with Crippen LogP contribution in [0.2, 0.25) is 0 Å². The van der Waals surface area contributed by atoms with Gasteiger partial charge in [-0.3, -0.25) is 0 Å². The third-order valence-corrected chi connectivity index (χ3v) is 14.6. The van der Waals surface area contributed by atoms with Crippen molar-refractivity contribution < 1.29 is 0 Å². The predicted molar refractivity (Wildman–Crippen MR) is 257 cm³/mol. The van der Waals surface area contributed by atoms with Gasteiger partial charge in [-0.2, -0.15) is 0 Å². The molecule has 0 saturated heterocycles. The summed E-state index contributed by atoms with van der Waals surface area (Å²) in [5.41, 5.74) is 18.5. The Morgan fingerprint density at radius 2 is 0.750 bits per heavy atom. The minimum absolute atomic E-state index is 0.0763. The van der Waals surface area contributed by atoms with Crippen LogP contribution in [-0.2, 0) is 10.8 Å². The van der Waals surface area contributed by atoms with Gasteiger partial charge in [-0.1, -0.05) is 198 Å². The zero-order valence-electron chi connectivity index (χ0n) is 34.3. The summed E-state index contributed by atoms with van der Waals surface area (Å²) in [6, 6.07) is 69.5. The van der Waals surface area contributed by atoms with Crippen molar-refractivity contribution in [1.82, 2.24) is 0 Å². The number of benzene rings is 11. The molecule has 0 aliphatic heterocycles. The summed E-state index contributed by atoms with van der Waals surface area (Å²) in [6.07, 6.45) is 0. The summed E-state index contributed by atoms with van der Waals surface area (Å²) in [5.74, 6) is 0. The standard InChI is InChI=1S/C60H42/c1-59(2)51-21-10-8-18-47(51)58-48(19-12-22-52(58)59)57-43-17-6-5-16-42(43)56(45-31-26-37-24-23-35-13-11-14-36-25-30-44(45)55(37)54(35)36)46-32-28-38(33-49(46)57)39-27-29-41-40-15-7-9-20-50(40)60(3,4)53(41)34-39/h5-34H,1-4H3. The Morgan fingerprint density at radius 3 is 1.53 bits per heavy atom. The molecule has 0 fully saturated rings. The molecule has 0 aromatic heterocycles. The summed E-state index contributed by atoms with van der Waals surface area (Å²) >= 11 is 0. The van der Waals surface area contributed by atoms with Crippen molar-refractivity contribution in [2.75, 3.05) is 0 Å². The van der Waals surface area contributed by atoms with Gasteiger partial charge < -0.3 is 0 Å². The van der Waals surface area contributed by atoms with E-state index in [9.17, 15) is 0 Å². The first-order valence-electron chi connectivity index (χ1n) is 21.4. The Kier molecular flexibility index (Phi) is 6.67. The van der Waals surface area contributed by atoms with Gasteiger partial charge in [0.05, 0.1) is 0 Å². The zero-order valence-corrected chi connectivity index (χ0v) is 34.3. The maximum Gasteiger partial charge on any atom is 0.0159 e. The van der Waals surface area contributed by atoms with Crippen LogP contribution in [-0.4, -0.2) is 0 Å². The van der Waals surface area contributed by atoms with Gasteiger partial charge in [-0.25, -0.2) is 0 Å². The zero-order chi connectivity index (χ0) is 40.1. The van der Waals surface area contributed by atoms with Gasteiger partial charge in [0.15, 0.2) is 0 Å². The van der Waals surface area contributed by atoms with Crippen LogP contribution in [0.5, 0.6) is 0 Å². The average Bonchev–Trinajstić information content (AvgIpc) is 3.66. The van der Waals surface area contributed by atoms with E-state index in [0.717, 1.165) is 0 Å². The van der Waals surface area contributed by atoms with Gasteiger partial charge in [0.2, 0.25) is 0 Å². The molecule has 2 aliphatic carbocycles. The van der Waals surface area contributed by atoms with Gasteiger partial charge in [0, 0.05) is 10.8 Å². The summed E-state index contributed by atoms with van der Waals surface area (Å²) < 4.78 is 0. The van der Waals surface area contributed by atoms with Crippen LogP contribution in [0, 0.1) is 0 Å². The molecule has 0 N–H and O–H groups in total. The van der Waals surface area contributed by atoms with E-state index in [-0.39, 0.29) is 10.8 Å². The predicted octanol–water partition coefficient (Wildman–Crippen LogP) is 16.5. The second-order valence-electron chi connectivity index (χ2n) is 18.4. The van der Waals surface area contributed by atoms with E-state index < -0.39 is 0 Å². The first kappa shape index (κ1) is 33.9. The van der Waals surface area contributed by atoms with Crippen LogP contribution in [0.4, 0.5) is 0 Å². The first-order chi connectivity index (χ1) is 29.3. The molecule has 0 unspecified atom stereocenters. The Bertz CT molecular complexity index is 3630. The van der Waals surface area contributed by atoms with Crippen LogP contribution >= 0.6 is 0 Å². The molecule has 0 spiro atoms. The lowest BCUT2D eigenvalue weighted by Crippen LogP contribution is -2.14. The van der Waals surface area contributed by atoms with Gasteiger partial charge >= 0.3 is 0 Å². The van der Waals surface area contributed by atoms with Crippen LogP contribution in [0.1, 0.15) is 49.9 Å². The molecule has 0 atom stereocenters. The molecule has 0 nitrogen and oxygen atoms in total. The van der Waals surface area contributed by atoms with Crippen LogP contribution < -0.4 is 0 Å². The quantitative estimate of drug-likeness (QED) is 0.124. The van der Waals surface area contributed by atoms with Crippen molar-refractivity contribution in [3.8, 4) is 55.6 Å². The summed E-state index contributed by atoms with van der Waals surface area (Å²) in [7, 11) is 0. The van der Waals surface area contributed by atoms with E-state index >= 15 is 0 Å². The van der Waals surface area contributed by atoms with Crippen molar-refractivity contribution in [2.24, 2.45) is 0 Å². The monoisotopic (exact) mass is 762 g/mol. The Balaban J connectivity index is 1.15. The SMILES string of the molecule is CC1(C)c2ccccc2-c2ccc(-c3ccc4c(-c5ccc6ccc7cccc8ccc5c6c78)c5ccccc5c(-c5cccc6c5-c5ccccc5C6(C)C)c4c3)cc21. The summed E-state index contributed by atoms with van der Waals surface area (Å²) in [4.78, 5) is 0. The van der Waals surface area contributed by atoms with Gasteiger partial charge in [-0.15, -0.1) is 0 Å². The largest absolute Gasteiger partial charge is 0.0619 e. The Labute approximate surface area is 350 Å². The molecule has 0 heterocycles. The third-order valence-electron chi connectivity index (χ3n) is 14.6. The maximum absolute atomic E-state index is 2.51. The van der Waals surface area contributed by atoms with E-state index in [1.807, 2.05) is 0 Å². The number of hydrogen-bond donors (Lipinski definition) is 0. The molecule has 282 valence electrons. The van der Waals surface area contributed by atoms with Crippen LogP contribution in [0.15, 0.2) is 182 Å². The molecule has 13 rings (SSSR count). The summed E-state index contributed by atoms with van der Waals surface area (Å²) in [6.45, 7) is 9.54. The fraction of sp³-hybridized carbons (Fsp3) is 0.100. The number of rotatable bonds is 3. The molecule has 11 aromatic rings. The number of hydrogen-bond acceptors (Lipinski definition) is 0. The van der Waals surface area contributed by atoms with Crippen molar-refractivity contribution >= 4 is 53.9 Å². The number of fused-ring (bicyclic) bond motifs is 8. The van der Waals surface area contributed by atoms with Gasteiger partial charge in [0.1, 0.15) is 0 Å². The van der Waals surface area contributed by atoms with Crippen molar-refractivity contribution in [3.05, 3.63) is 204 Å². The van der Waals surface area contributed by atoms with Gasteiger partial charge in [-0.05, 0) is 144 Å². The van der Waals surface area contributed by atoms with Crippen molar-refractivity contribution in [3.63, 3.8) is 0 Å². The molecule has 11 aromatic carbocycles. The highest BCUT2D eigenvalue weighted by atomic mass is 14.4. The van der Waals surface area contributed by atoms with E-state index in [1.54, 1.807) is 0 Å². The second-order valence-corrected chi connectivity index (χ2v) is 18.4. The van der Waals surface area contributed by atoms with E-state index in [4.69, 9.17) is 0 Å². The smallest absolute Gasteiger partial charge is 0.0159 e. The van der Waals surface area contributed by atoms with E-state index in [1.165, 1.54) is 132 Å². The molecule has 0 radical (unpaired) electrons. The maximum atomic E-state index is 2.51. The van der Waals surface area contributed by atoms with Crippen LogP contribution in [0.3, 0.4) is 0 Å². The average molecular weight is 763 g/mol. The van der Waals surface area contributed by atoms with E-state index in [2.05, 4.69) is 210 Å². The van der Waals surface area contributed by atoms with Crippen molar-refractivity contribution in [1.29, 1.82) is 0 Å². The Morgan fingerprint density at radius 1 is 0.267 bits per heavy atom. The fourth-order valence-corrected chi connectivity index (χ4v) is 11.7. The lowest BCUT2D eigenvalue weighted by atomic mass is 9.79. The molecule has 2 aliphatic rings. The van der Waals surface area contributed by atoms with Crippen molar-refractivity contribution in [2.45, 2.75) is 38.5 Å². The first-order valence-corrected chi connectivity index (χ1v) is 21.4. The molecule has 0 amide bonds. The lowest BCUT2D eigenvalue weighted by Gasteiger charge is -2.24. The highest BCUT2D eigenvalue weighted by Gasteiger charge is 2.38. The highest BCUT2D eigenvalue weighted by Crippen LogP contribution is 2.56. The summed E-state index contributed by atoms with van der Waals surface area (Å²) in [5, 5.41) is 13.0. The van der Waals surface area contributed by atoms with Gasteiger partial charge in [0.25, 0.3) is 0 Å². The second kappa shape index (κ2) is 11.8. The third kappa shape index (κ3) is 4.36. The molecule has 0 heteroatoms. The minimum Gasteiger partial charge on any atom is -0.0619 e. The fourth-order valence-electron chi connectivity index (χ4n) is 11.7. The van der Waals surface area contributed by atoms with Crippen LogP contribution in [0.25, 0.3) is 109 Å². The topological polar surface area (TPSA) is 0 Å². The molecular weight excluding hydrogens is 721 g/mol. The molecular formula is C60H42. The van der Waals surface area contributed by atoms with E-state index in [0.29, 0.717) is 0 Å². The molecule has 0 bridgehead atoms. The normalized spacial score (nSPS) is 14.6. The molecule has 60 heavy (non-hydrogen) atoms. The Hall–Kier alpha value is -7.02.